The number of rotatable bonds is 7. The van der Waals surface area contributed by atoms with E-state index in [1.54, 1.807) is 11.3 Å². The molecule has 1 aromatic heterocycles. The van der Waals surface area contributed by atoms with Crippen LogP contribution in [0.25, 0.3) is 0 Å². The average molecular weight is 360 g/mol. The van der Waals surface area contributed by atoms with Gasteiger partial charge in [0.05, 0.1) is 36.7 Å². The summed E-state index contributed by atoms with van der Waals surface area (Å²) >= 11 is 1.59. The van der Waals surface area contributed by atoms with Gasteiger partial charge in [0.2, 0.25) is 5.60 Å². The first-order chi connectivity index (χ1) is 12.1. The van der Waals surface area contributed by atoms with E-state index in [0.717, 1.165) is 16.3 Å². The summed E-state index contributed by atoms with van der Waals surface area (Å²) in [4.78, 5) is 22.2. The molecule has 1 aromatic carbocycles. The lowest BCUT2D eigenvalue weighted by Crippen LogP contribution is -2.42. The van der Waals surface area contributed by atoms with Crippen molar-refractivity contribution in [1.29, 1.82) is 0 Å². The van der Waals surface area contributed by atoms with Crippen molar-refractivity contribution in [2.24, 2.45) is 5.16 Å². The number of methoxy groups -OCH3 is 1. The first kappa shape index (κ1) is 17.6. The number of carbonyl (C=O) groups is 1. The monoisotopic (exact) mass is 360 g/mol. The SMILES string of the molecule is COC(=O)C1(Cc2ccccc2)CC(COCc2csc(C)n2)=NO1. The molecule has 2 aromatic rings. The summed E-state index contributed by atoms with van der Waals surface area (Å²) < 4.78 is 10.6. The van der Waals surface area contributed by atoms with Gasteiger partial charge in [-0.3, -0.25) is 0 Å². The molecule has 2 heterocycles. The van der Waals surface area contributed by atoms with Crippen molar-refractivity contribution in [3.63, 3.8) is 0 Å². The molecule has 0 N–H and O–H groups in total. The minimum absolute atomic E-state index is 0.296. The molecule has 0 aliphatic carbocycles. The number of nitrogens with zero attached hydrogens (tertiary/aromatic N) is 2. The van der Waals surface area contributed by atoms with Crippen LogP contribution in [0.4, 0.5) is 0 Å². The Bertz CT molecular complexity index is 759. The number of hydrogen-bond donors (Lipinski definition) is 0. The first-order valence-corrected chi connectivity index (χ1v) is 8.84. The summed E-state index contributed by atoms with van der Waals surface area (Å²) in [5.41, 5.74) is 1.45. The zero-order valence-corrected chi connectivity index (χ0v) is 15.0. The van der Waals surface area contributed by atoms with Gasteiger partial charge in [-0.2, -0.15) is 0 Å². The Balaban J connectivity index is 1.60. The van der Waals surface area contributed by atoms with Gasteiger partial charge < -0.3 is 14.3 Å². The second kappa shape index (κ2) is 7.76. The van der Waals surface area contributed by atoms with Gasteiger partial charge >= 0.3 is 5.97 Å². The molecule has 0 bridgehead atoms. The molecule has 3 rings (SSSR count). The molecule has 0 fully saturated rings. The number of carbonyl (C=O) groups excluding carboxylic acids is 1. The van der Waals surface area contributed by atoms with Crippen LogP contribution in [0.15, 0.2) is 40.9 Å². The van der Waals surface area contributed by atoms with E-state index in [1.165, 1.54) is 7.11 Å². The fourth-order valence-corrected chi connectivity index (χ4v) is 3.36. The van der Waals surface area contributed by atoms with Crippen LogP contribution in [-0.4, -0.2) is 36.0 Å². The largest absolute Gasteiger partial charge is 0.466 e. The van der Waals surface area contributed by atoms with Gasteiger partial charge in [0.1, 0.15) is 0 Å². The average Bonchev–Trinajstić information content (AvgIpc) is 3.22. The lowest BCUT2D eigenvalue weighted by atomic mass is 9.90. The zero-order valence-electron chi connectivity index (χ0n) is 14.2. The van der Waals surface area contributed by atoms with Crippen molar-refractivity contribution >= 4 is 23.0 Å². The van der Waals surface area contributed by atoms with E-state index < -0.39 is 11.6 Å². The molecular formula is C18H20N2O4S. The summed E-state index contributed by atoms with van der Waals surface area (Å²) in [6.07, 6.45) is 0.753. The van der Waals surface area contributed by atoms with Crippen molar-refractivity contribution in [1.82, 2.24) is 4.98 Å². The predicted molar refractivity (Wildman–Crippen MR) is 94.5 cm³/mol. The molecular weight excluding hydrogens is 340 g/mol. The van der Waals surface area contributed by atoms with Crippen molar-refractivity contribution in [2.75, 3.05) is 13.7 Å². The maximum Gasteiger partial charge on any atom is 0.353 e. The third-order valence-corrected chi connectivity index (χ3v) is 4.74. The van der Waals surface area contributed by atoms with Crippen molar-refractivity contribution in [3.05, 3.63) is 52.0 Å². The first-order valence-electron chi connectivity index (χ1n) is 7.96. The van der Waals surface area contributed by atoms with E-state index in [9.17, 15) is 4.79 Å². The minimum atomic E-state index is -1.12. The van der Waals surface area contributed by atoms with Gasteiger partial charge in [0, 0.05) is 18.2 Å². The summed E-state index contributed by atoms with van der Waals surface area (Å²) in [6, 6.07) is 9.69. The fourth-order valence-electron chi connectivity index (χ4n) is 2.76. The number of aromatic nitrogens is 1. The summed E-state index contributed by atoms with van der Waals surface area (Å²) in [5, 5.41) is 7.04. The van der Waals surface area contributed by atoms with Gasteiger partial charge in [0.15, 0.2) is 0 Å². The normalized spacial score (nSPS) is 19.4. The van der Waals surface area contributed by atoms with Crippen LogP contribution in [0, 0.1) is 6.92 Å². The highest BCUT2D eigenvalue weighted by Gasteiger charge is 2.47. The topological polar surface area (TPSA) is 70.0 Å². The molecule has 1 aliphatic heterocycles. The van der Waals surface area contributed by atoms with E-state index >= 15 is 0 Å². The Kier molecular flexibility index (Phi) is 5.45. The minimum Gasteiger partial charge on any atom is -0.466 e. The maximum atomic E-state index is 12.3. The van der Waals surface area contributed by atoms with Gasteiger partial charge in [-0.05, 0) is 12.5 Å². The molecule has 1 atom stereocenters. The highest BCUT2D eigenvalue weighted by Crippen LogP contribution is 2.30. The molecule has 0 amide bonds. The molecule has 0 saturated carbocycles. The van der Waals surface area contributed by atoms with Crippen LogP contribution in [0.2, 0.25) is 0 Å². The molecule has 0 spiro atoms. The molecule has 6 nitrogen and oxygen atoms in total. The van der Waals surface area contributed by atoms with E-state index in [-0.39, 0.29) is 0 Å². The highest BCUT2D eigenvalue weighted by molar-refractivity contribution is 7.09. The van der Waals surface area contributed by atoms with Gasteiger partial charge in [-0.25, -0.2) is 9.78 Å². The van der Waals surface area contributed by atoms with Gasteiger partial charge in [-0.1, -0.05) is 35.5 Å². The molecule has 25 heavy (non-hydrogen) atoms. The van der Waals surface area contributed by atoms with E-state index in [1.807, 2.05) is 42.6 Å². The molecule has 7 heteroatoms. The lowest BCUT2D eigenvalue weighted by Gasteiger charge is -2.23. The molecule has 0 radical (unpaired) electrons. The van der Waals surface area contributed by atoms with E-state index in [0.29, 0.717) is 31.8 Å². The molecule has 1 aliphatic rings. The number of hydrogen-bond acceptors (Lipinski definition) is 7. The second-order valence-electron chi connectivity index (χ2n) is 5.92. The van der Waals surface area contributed by atoms with Crippen molar-refractivity contribution in [3.8, 4) is 0 Å². The number of benzene rings is 1. The number of aryl methyl sites for hydroxylation is 1. The van der Waals surface area contributed by atoms with Crippen molar-refractivity contribution in [2.45, 2.75) is 32.0 Å². The van der Waals surface area contributed by atoms with Gasteiger partial charge in [-0.15, -0.1) is 11.3 Å². The van der Waals surface area contributed by atoms with Crippen LogP contribution in [-0.2, 0) is 32.1 Å². The van der Waals surface area contributed by atoms with E-state index in [2.05, 4.69) is 10.1 Å². The number of oxime groups is 1. The number of thiazole rings is 1. The number of esters is 1. The predicted octanol–water partition coefficient (Wildman–Crippen LogP) is 2.90. The van der Waals surface area contributed by atoms with Crippen LogP contribution in [0.1, 0.15) is 22.7 Å². The summed E-state index contributed by atoms with van der Waals surface area (Å²) in [6.45, 7) is 2.66. The Hall–Kier alpha value is -2.25. The molecule has 0 saturated heterocycles. The van der Waals surface area contributed by atoms with E-state index in [4.69, 9.17) is 14.3 Å². The van der Waals surface area contributed by atoms with Crippen LogP contribution < -0.4 is 0 Å². The maximum absolute atomic E-state index is 12.3. The third-order valence-electron chi connectivity index (χ3n) is 3.91. The Morgan fingerprint density at radius 3 is 2.80 bits per heavy atom. The Morgan fingerprint density at radius 2 is 2.12 bits per heavy atom. The fraction of sp³-hybridized carbons (Fsp3) is 0.389. The third kappa shape index (κ3) is 4.24. The molecule has 132 valence electrons. The number of ether oxygens (including phenoxy) is 2. The zero-order chi connectivity index (χ0) is 17.7. The van der Waals surface area contributed by atoms with Gasteiger partial charge in [0.25, 0.3) is 0 Å². The smallest absolute Gasteiger partial charge is 0.353 e. The Morgan fingerprint density at radius 1 is 1.32 bits per heavy atom. The quantitative estimate of drug-likeness (QED) is 0.710. The van der Waals surface area contributed by atoms with Crippen LogP contribution >= 0.6 is 11.3 Å². The van der Waals surface area contributed by atoms with Crippen molar-refractivity contribution < 1.29 is 19.1 Å². The van der Waals surface area contributed by atoms with Crippen LogP contribution in [0.5, 0.6) is 0 Å². The Labute approximate surface area is 150 Å². The molecule has 1 unspecified atom stereocenters. The lowest BCUT2D eigenvalue weighted by molar-refractivity contribution is -0.166. The highest BCUT2D eigenvalue weighted by atomic mass is 32.1. The summed E-state index contributed by atoms with van der Waals surface area (Å²) in [5.74, 6) is -0.426. The second-order valence-corrected chi connectivity index (χ2v) is 6.99. The standard InChI is InChI=1S/C18H20N2O4S/c1-13-19-16(12-25-13)11-23-10-15-9-18(24-20-15,17(21)22-2)8-14-6-4-3-5-7-14/h3-7,12H,8-11H2,1-2H3. The summed E-state index contributed by atoms with van der Waals surface area (Å²) in [7, 11) is 1.36. The van der Waals surface area contributed by atoms with Crippen LogP contribution in [0.3, 0.4) is 0 Å².